The zero-order chi connectivity index (χ0) is 21.9. The van der Waals surface area contributed by atoms with Crippen LogP contribution in [0.4, 0.5) is 0 Å². The maximum absolute atomic E-state index is 12.2. The summed E-state index contributed by atoms with van der Waals surface area (Å²) >= 11 is 0. The fourth-order valence-electron chi connectivity index (χ4n) is 3.27. The Morgan fingerprint density at radius 2 is 2.07 bits per heavy atom. The predicted molar refractivity (Wildman–Crippen MR) is 116 cm³/mol. The summed E-state index contributed by atoms with van der Waals surface area (Å²) in [7, 11) is -2.08. The second-order valence-electron chi connectivity index (χ2n) is 7.05. The minimum absolute atomic E-state index is 0.280. The first-order valence-electron chi connectivity index (χ1n) is 9.69. The molecular formula is C20H26N6O3S. The average Bonchev–Trinajstić information content (AvgIpc) is 3.15. The van der Waals surface area contributed by atoms with Gasteiger partial charge in [-0.05, 0) is 44.0 Å². The van der Waals surface area contributed by atoms with Crippen molar-refractivity contribution in [2.75, 3.05) is 6.54 Å². The minimum atomic E-state index is -3.89. The largest absolute Gasteiger partial charge is 0.301 e. The Bertz CT molecular complexity index is 1210. The predicted octanol–water partition coefficient (Wildman–Crippen LogP) is 2.14. The first-order valence-corrected chi connectivity index (χ1v) is 11.2. The van der Waals surface area contributed by atoms with Gasteiger partial charge >= 0.3 is 10.2 Å². The molecule has 3 rings (SSSR count). The van der Waals surface area contributed by atoms with Gasteiger partial charge in [-0.1, -0.05) is 13.3 Å². The molecule has 0 aliphatic heterocycles. The van der Waals surface area contributed by atoms with Gasteiger partial charge in [0.2, 0.25) is 0 Å². The van der Waals surface area contributed by atoms with E-state index in [9.17, 15) is 13.2 Å². The number of carbonyl (C=O) groups is 1. The van der Waals surface area contributed by atoms with Crippen LogP contribution in [0, 0.1) is 13.8 Å². The molecule has 0 saturated carbocycles. The molecule has 9 nitrogen and oxygen atoms in total. The Morgan fingerprint density at radius 1 is 1.30 bits per heavy atom. The highest BCUT2D eigenvalue weighted by molar-refractivity contribution is 7.88. The molecule has 10 heteroatoms. The third kappa shape index (κ3) is 4.60. The third-order valence-electron chi connectivity index (χ3n) is 4.69. The summed E-state index contributed by atoms with van der Waals surface area (Å²) < 4.78 is 31.8. The smallest absolute Gasteiger partial charge is 0.285 e. The number of amides is 1. The molecule has 1 amide bonds. The number of hydrogen-bond donors (Lipinski definition) is 2. The van der Waals surface area contributed by atoms with Crippen LogP contribution in [-0.2, 0) is 22.1 Å². The lowest BCUT2D eigenvalue weighted by molar-refractivity contribution is -0.114. The summed E-state index contributed by atoms with van der Waals surface area (Å²) in [4.78, 5) is 16.7. The molecule has 0 aromatic carbocycles. The van der Waals surface area contributed by atoms with Gasteiger partial charge < -0.3 is 0 Å². The van der Waals surface area contributed by atoms with E-state index in [2.05, 4.69) is 14.8 Å². The molecule has 3 aromatic rings. The van der Waals surface area contributed by atoms with Crippen LogP contribution in [0.1, 0.15) is 36.6 Å². The number of hydrogen-bond acceptors (Lipinski definition) is 5. The van der Waals surface area contributed by atoms with Crippen molar-refractivity contribution in [1.82, 2.24) is 28.8 Å². The van der Waals surface area contributed by atoms with Gasteiger partial charge in [0.15, 0.2) is 0 Å². The minimum Gasteiger partial charge on any atom is -0.285 e. The van der Waals surface area contributed by atoms with Crippen LogP contribution in [-0.4, -0.2) is 40.2 Å². The normalized spacial score (nSPS) is 12.1. The number of unbranched alkanes of at least 4 members (excludes halogenated alkanes) is 1. The zero-order valence-electron chi connectivity index (χ0n) is 17.5. The van der Waals surface area contributed by atoms with Gasteiger partial charge in [-0.25, -0.2) is 9.71 Å². The van der Waals surface area contributed by atoms with E-state index in [0.717, 1.165) is 28.8 Å². The summed E-state index contributed by atoms with van der Waals surface area (Å²) in [5, 5.41) is 5.48. The van der Waals surface area contributed by atoms with E-state index >= 15 is 0 Å². The monoisotopic (exact) mass is 430 g/mol. The number of aryl methyl sites for hydroxylation is 3. The quantitative estimate of drug-likeness (QED) is 0.420. The first-order chi connectivity index (χ1) is 14.2. The fraction of sp³-hybridized carbons (Fsp3) is 0.350. The molecule has 30 heavy (non-hydrogen) atoms. The molecule has 0 fully saturated rings. The number of pyridine rings is 1. The van der Waals surface area contributed by atoms with Crippen LogP contribution in [0.5, 0.6) is 0 Å². The van der Waals surface area contributed by atoms with Crippen LogP contribution in [0.2, 0.25) is 0 Å². The van der Waals surface area contributed by atoms with Gasteiger partial charge in [0.1, 0.15) is 11.5 Å². The van der Waals surface area contributed by atoms with Crippen molar-refractivity contribution in [2.45, 2.75) is 33.6 Å². The zero-order valence-corrected chi connectivity index (χ0v) is 18.3. The molecule has 3 heterocycles. The number of carbonyl (C=O) groups excluding carboxylic acids is 1. The summed E-state index contributed by atoms with van der Waals surface area (Å²) in [5.74, 6) is -0.00264. The summed E-state index contributed by atoms with van der Waals surface area (Å²) in [5.41, 5.74) is 3.25. The first kappa shape index (κ1) is 21.7. The van der Waals surface area contributed by atoms with Gasteiger partial charge in [0, 0.05) is 43.0 Å². The van der Waals surface area contributed by atoms with E-state index in [1.807, 2.05) is 55.4 Å². The Hall–Kier alpha value is -2.98. The van der Waals surface area contributed by atoms with Gasteiger partial charge in [-0.15, -0.1) is 0 Å². The van der Waals surface area contributed by atoms with E-state index in [0.29, 0.717) is 17.7 Å². The van der Waals surface area contributed by atoms with E-state index < -0.39 is 16.1 Å². The highest BCUT2D eigenvalue weighted by Crippen LogP contribution is 2.26. The van der Waals surface area contributed by atoms with E-state index in [1.54, 1.807) is 17.0 Å². The summed E-state index contributed by atoms with van der Waals surface area (Å²) in [6, 6.07) is 3.88. The molecule has 160 valence electrons. The number of rotatable bonds is 8. The van der Waals surface area contributed by atoms with Crippen LogP contribution >= 0.6 is 0 Å². The van der Waals surface area contributed by atoms with Gasteiger partial charge in [0.25, 0.3) is 5.91 Å². The van der Waals surface area contributed by atoms with E-state index in [-0.39, 0.29) is 6.54 Å². The maximum Gasteiger partial charge on any atom is 0.301 e. The molecule has 0 bridgehead atoms. The Balaban J connectivity index is 1.90. The van der Waals surface area contributed by atoms with Crippen molar-refractivity contribution < 1.29 is 13.2 Å². The fourth-order valence-corrected chi connectivity index (χ4v) is 4.09. The second-order valence-corrected chi connectivity index (χ2v) is 8.55. The average molecular weight is 431 g/mol. The molecule has 0 aliphatic rings. The summed E-state index contributed by atoms with van der Waals surface area (Å²) in [6.45, 7) is 6.06. The van der Waals surface area contributed by atoms with Crippen molar-refractivity contribution in [1.29, 1.82) is 0 Å². The van der Waals surface area contributed by atoms with Crippen molar-refractivity contribution in [3.05, 3.63) is 47.4 Å². The molecule has 0 radical (unpaired) electrons. The lowest BCUT2D eigenvalue weighted by Crippen LogP contribution is -2.39. The maximum atomic E-state index is 12.2. The Labute approximate surface area is 176 Å². The second kappa shape index (κ2) is 8.80. The van der Waals surface area contributed by atoms with Crippen LogP contribution in [0.3, 0.4) is 0 Å². The number of fused-ring (bicyclic) bond motifs is 1. The molecule has 0 saturated heterocycles. The number of aromatic nitrogens is 4. The van der Waals surface area contributed by atoms with Gasteiger partial charge in [-0.3, -0.25) is 14.0 Å². The van der Waals surface area contributed by atoms with Crippen LogP contribution in [0.25, 0.3) is 22.9 Å². The lowest BCUT2D eigenvalue weighted by Gasteiger charge is -2.07. The Morgan fingerprint density at radius 3 is 2.80 bits per heavy atom. The summed E-state index contributed by atoms with van der Waals surface area (Å²) in [6.07, 6.45) is 8.00. The highest BCUT2D eigenvalue weighted by atomic mass is 32.2. The molecule has 0 spiro atoms. The Kier molecular flexibility index (Phi) is 6.37. The topological polar surface area (TPSA) is 111 Å². The molecular weight excluding hydrogens is 404 g/mol. The lowest BCUT2D eigenvalue weighted by atomic mass is 10.2. The van der Waals surface area contributed by atoms with Crippen molar-refractivity contribution in [3.8, 4) is 5.82 Å². The highest BCUT2D eigenvalue weighted by Gasteiger charge is 2.18. The van der Waals surface area contributed by atoms with E-state index in [4.69, 9.17) is 0 Å². The molecule has 0 unspecified atom stereocenters. The molecule has 2 N–H and O–H groups in total. The van der Waals surface area contributed by atoms with Crippen molar-refractivity contribution in [2.24, 2.45) is 7.05 Å². The number of nitrogens with zero attached hydrogens (tertiary/aromatic N) is 4. The van der Waals surface area contributed by atoms with Crippen LogP contribution < -0.4 is 9.44 Å². The van der Waals surface area contributed by atoms with Crippen molar-refractivity contribution >= 4 is 33.2 Å². The standard InChI is InChI=1S/C20H26N6O3S/c1-5-6-12-22-30(28,29)24-18(27)10-9-17-15(3)23-25(4)20(17)26-13-14(2)16-8-7-11-21-19(16)26/h7-11,13,22H,5-6,12H2,1-4H3,(H,24,27)/b10-9+. The van der Waals surface area contributed by atoms with Crippen molar-refractivity contribution in [3.63, 3.8) is 0 Å². The van der Waals surface area contributed by atoms with Crippen LogP contribution in [0.15, 0.2) is 30.6 Å². The third-order valence-corrected chi connectivity index (χ3v) is 5.74. The van der Waals surface area contributed by atoms with Gasteiger partial charge in [-0.2, -0.15) is 18.2 Å². The molecule has 0 atom stereocenters. The molecule has 0 aliphatic carbocycles. The van der Waals surface area contributed by atoms with Gasteiger partial charge in [0.05, 0.1) is 5.69 Å². The number of nitrogens with one attached hydrogen (secondary N) is 2. The van der Waals surface area contributed by atoms with E-state index in [1.165, 1.54) is 6.08 Å². The molecule has 3 aromatic heterocycles. The SMILES string of the molecule is CCCCNS(=O)(=O)NC(=O)/C=C/c1c(C)nn(C)c1-n1cc(C)c2cccnc21.